The van der Waals surface area contributed by atoms with Crippen molar-refractivity contribution < 1.29 is 9.53 Å². The Hall–Kier alpha value is -3.25. The van der Waals surface area contributed by atoms with E-state index in [9.17, 15) is 4.79 Å². The van der Waals surface area contributed by atoms with Crippen molar-refractivity contribution in [2.45, 2.75) is 13.8 Å². The van der Waals surface area contributed by atoms with Gasteiger partial charge >= 0.3 is 0 Å². The normalized spacial score (nSPS) is 10.5. The third-order valence-corrected chi connectivity index (χ3v) is 4.24. The number of carbonyl (C=O) groups excluding carboxylic acids is 1. The minimum Gasteiger partial charge on any atom is -0.383 e. The largest absolute Gasteiger partial charge is 0.383 e. The zero-order chi connectivity index (χ0) is 19.9. The van der Waals surface area contributed by atoms with Crippen molar-refractivity contribution in [3.8, 4) is 11.4 Å². The first-order valence-electron chi connectivity index (χ1n) is 9.13. The second-order valence-corrected chi connectivity index (χ2v) is 6.52. The molecule has 1 aromatic heterocycles. The molecule has 0 saturated carbocycles. The summed E-state index contributed by atoms with van der Waals surface area (Å²) in [6.45, 7) is 5.07. The van der Waals surface area contributed by atoms with Gasteiger partial charge in [0.05, 0.1) is 6.61 Å². The van der Waals surface area contributed by atoms with Crippen molar-refractivity contribution >= 4 is 17.4 Å². The summed E-state index contributed by atoms with van der Waals surface area (Å²) >= 11 is 0. The molecule has 2 aromatic carbocycles. The van der Waals surface area contributed by atoms with Crippen LogP contribution in [-0.4, -0.2) is 36.1 Å². The third-order valence-electron chi connectivity index (χ3n) is 4.24. The summed E-state index contributed by atoms with van der Waals surface area (Å²) in [5.74, 6) is 0.800. The predicted molar refractivity (Wildman–Crippen MR) is 112 cm³/mol. The smallest absolute Gasteiger partial charge is 0.274 e. The molecule has 0 radical (unpaired) electrons. The van der Waals surface area contributed by atoms with E-state index in [4.69, 9.17) is 4.74 Å². The van der Waals surface area contributed by atoms with Crippen LogP contribution in [0.15, 0.2) is 54.6 Å². The maximum atomic E-state index is 12.9. The summed E-state index contributed by atoms with van der Waals surface area (Å²) in [5, 5.41) is 6.14. The summed E-state index contributed by atoms with van der Waals surface area (Å²) < 4.78 is 5.07. The molecule has 3 aromatic rings. The lowest BCUT2D eigenvalue weighted by molar-refractivity contribution is 0.102. The average Bonchev–Trinajstić information content (AvgIpc) is 2.71. The summed E-state index contributed by atoms with van der Waals surface area (Å²) in [7, 11) is 1.64. The molecule has 3 rings (SSSR count). The number of hydrogen-bond donors (Lipinski definition) is 2. The van der Waals surface area contributed by atoms with Gasteiger partial charge in [-0.25, -0.2) is 9.97 Å². The lowest BCUT2D eigenvalue weighted by atomic mass is 10.1. The van der Waals surface area contributed by atoms with Crippen molar-refractivity contribution in [2.24, 2.45) is 0 Å². The Morgan fingerprint density at radius 3 is 2.57 bits per heavy atom. The molecule has 1 amide bonds. The molecule has 1 heterocycles. The first-order chi connectivity index (χ1) is 13.6. The lowest BCUT2D eigenvalue weighted by Gasteiger charge is -2.12. The van der Waals surface area contributed by atoms with Crippen molar-refractivity contribution in [3.05, 3.63) is 71.4 Å². The van der Waals surface area contributed by atoms with Crippen molar-refractivity contribution in [3.63, 3.8) is 0 Å². The number of methoxy groups -OCH3 is 1. The van der Waals surface area contributed by atoms with Gasteiger partial charge in [0, 0.05) is 31.0 Å². The maximum Gasteiger partial charge on any atom is 0.274 e. The molecule has 0 aliphatic heterocycles. The fourth-order valence-electron chi connectivity index (χ4n) is 2.71. The van der Waals surface area contributed by atoms with Gasteiger partial charge < -0.3 is 15.4 Å². The zero-order valence-electron chi connectivity index (χ0n) is 16.3. The summed E-state index contributed by atoms with van der Waals surface area (Å²) in [6.07, 6.45) is 0. The van der Waals surface area contributed by atoms with Crippen molar-refractivity contribution in [1.29, 1.82) is 0 Å². The minimum absolute atomic E-state index is 0.275. The van der Waals surface area contributed by atoms with Gasteiger partial charge in [0.1, 0.15) is 11.5 Å². The number of anilines is 2. The third kappa shape index (κ3) is 4.92. The Morgan fingerprint density at radius 1 is 1.04 bits per heavy atom. The van der Waals surface area contributed by atoms with Crippen LogP contribution in [0.4, 0.5) is 11.5 Å². The number of aryl methyl sites for hydroxylation is 2. The van der Waals surface area contributed by atoms with Gasteiger partial charge in [-0.2, -0.15) is 0 Å². The molecule has 0 bridgehead atoms. The van der Waals surface area contributed by atoms with Crippen LogP contribution in [0.2, 0.25) is 0 Å². The minimum atomic E-state index is -0.275. The monoisotopic (exact) mass is 376 g/mol. The Morgan fingerprint density at radius 2 is 1.82 bits per heavy atom. The van der Waals surface area contributed by atoms with Crippen molar-refractivity contribution in [1.82, 2.24) is 9.97 Å². The van der Waals surface area contributed by atoms with Gasteiger partial charge in [0.15, 0.2) is 5.82 Å². The second-order valence-electron chi connectivity index (χ2n) is 6.52. The molecule has 0 aliphatic carbocycles. The molecule has 0 unspecified atom stereocenters. The van der Waals surface area contributed by atoms with E-state index < -0.39 is 0 Å². The van der Waals surface area contributed by atoms with Crippen LogP contribution < -0.4 is 10.6 Å². The quantitative estimate of drug-likeness (QED) is 0.608. The van der Waals surface area contributed by atoms with Crippen LogP contribution in [0.25, 0.3) is 11.4 Å². The van der Waals surface area contributed by atoms with Gasteiger partial charge in [-0.15, -0.1) is 0 Å². The first kappa shape index (κ1) is 19.5. The number of ether oxygens (including phenoxy) is 1. The molecule has 0 fully saturated rings. The fraction of sp³-hybridized carbons (Fsp3) is 0.227. The van der Waals surface area contributed by atoms with Gasteiger partial charge in [0.25, 0.3) is 5.91 Å². The van der Waals surface area contributed by atoms with Crippen LogP contribution in [-0.2, 0) is 4.74 Å². The number of amides is 1. The summed E-state index contributed by atoms with van der Waals surface area (Å²) in [4.78, 5) is 21.9. The maximum absolute atomic E-state index is 12.9. The highest BCUT2D eigenvalue weighted by molar-refractivity contribution is 6.04. The molecule has 6 nitrogen and oxygen atoms in total. The number of carbonyl (C=O) groups is 1. The fourth-order valence-corrected chi connectivity index (χ4v) is 2.71. The van der Waals surface area contributed by atoms with E-state index in [0.717, 1.165) is 22.4 Å². The van der Waals surface area contributed by atoms with Gasteiger partial charge in [-0.05, 0) is 31.0 Å². The number of hydrogen-bond acceptors (Lipinski definition) is 5. The highest BCUT2D eigenvalue weighted by atomic mass is 16.5. The standard InChI is InChI=1S/C22H24N4O2/c1-15-9-10-16(2)18(13-15)25-22(27)19-14-20(23-11-12-28-3)26-21(24-19)17-7-5-4-6-8-17/h4-10,13-14H,11-12H2,1-3H3,(H,25,27)(H,23,24,26). The lowest BCUT2D eigenvalue weighted by Crippen LogP contribution is -2.17. The van der Waals surface area contributed by atoms with E-state index in [1.54, 1.807) is 13.2 Å². The highest BCUT2D eigenvalue weighted by Crippen LogP contribution is 2.20. The number of aromatic nitrogens is 2. The van der Waals surface area contributed by atoms with Gasteiger partial charge in [-0.1, -0.05) is 42.5 Å². The van der Waals surface area contributed by atoms with Gasteiger partial charge in [-0.3, -0.25) is 4.79 Å². The van der Waals surface area contributed by atoms with Crippen LogP contribution in [0.1, 0.15) is 21.6 Å². The zero-order valence-corrected chi connectivity index (χ0v) is 16.3. The number of nitrogens with zero attached hydrogens (tertiary/aromatic N) is 2. The van der Waals surface area contributed by atoms with Gasteiger partial charge in [0.2, 0.25) is 0 Å². The Bertz CT molecular complexity index is 958. The van der Waals surface area contributed by atoms with E-state index >= 15 is 0 Å². The molecule has 144 valence electrons. The average molecular weight is 376 g/mol. The number of rotatable bonds is 7. The molecular formula is C22H24N4O2. The Kier molecular flexibility index (Phi) is 6.34. The van der Waals surface area contributed by atoms with E-state index in [0.29, 0.717) is 30.5 Å². The van der Waals surface area contributed by atoms with E-state index in [1.807, 2.05) is 62.4 Å². The van der Waals surface area contributed by atoms with E-state index in [1.165, 1.54) is 0 Å². The van der Waals surface area contributed by atoms with E-state index in [2.05, 4.69) is 20.6 Å². The van der Waals surface area contributed by atoms with Crippen LogP contribution in [0, 0.1) is 13.8 Å². The molecular weight excluding hydrogens is 352 g/mol. The number of nitrogens with one attached hydrogen (secondary N) is 2. The highest BCUT2D eigenvalue weighted by Gasteiger charge is 2.14. The Balaban J connectivity index is 1.92. The molecule has 28 heavy (non-hydrogen) atoms. The molecule has 0 aliphatic rings. The topological polar surface area (TPSA) is 76.1 Å². The molecule has 6 heteroatoms. The summed E-state index contributed by atoms with van der Waals surface area (Å²) in [5.41, 5.74) is 4.00. The van der Waals surface area contributed by atoms with Crippen LogP contribution in [0.3, 0.4) is 0 Å². The molecule has 0 saturated heterocycles. The second kappa shape index (κ2) is 9.10. The molecule has 2 N–H and O–H groups in total. The summed E-state index contributed by atoms with van der Waals surface area (Å²) in [6, 6.07) is 17.2. The van der Waals surface area contributed by atoms with Crippen LogP contribution in [0.5, 0.6) is 0 Å². The predicted octanol–water partition coefficient (Wildman–Crippen LogP) is 4.07. The first-order valence-corrected chi connectivity index (χ1v) is 9.13. The number of benzene rings is 2. The SMILES string of the molecule is COCCNc1cc(C(=O)Nc2cc(C)ccc2C)nc(-c2ccccc2)n1. The molecule has 0 atom stereocenters. The van der Waals surface area contributed by atoms with E-state index in [-0.39, 0.29) is 5.91 Å². The van der Waals surface area contributed by atoms with Crippen molar-refractivity contribution in [2.75, 3.05) is 30.9 Å². The Labute approximate surface area is 165 Å². The van der Waals surface area contributed by atoms with Crippen LogP contribution >= 0.6 is 0 Å². The molecule has 0 spiro atoms.